The second-order valence-electron chi connectivity index (χ2n) is 8.82. The van der Waals surface area contributed by atoms with Crippen LogP contribution in [-0.2, 0) is 10.3 Å². The molecule has 2 aromatic rings. The summed E-state index contributed by atoms with van der Waals surface area (Å²) < 4.78 is 46.9. The van der Waals surface area contributed by atoms with Gasteiger partial charge < -0.3 is 19.5 Å². The highest BCUT2D eigenvalue weighted by atomic mass is 35.5. The van der Waals surface area contributed by atoms with Crippen molar-refractivity contribution in [3.8, 4) is 11.8 Å². The molecular formula is C23H22ClF3N2O4. The molecule has 1 heterocycles. The lowest BCUT2D eigenvalue weighted by atomic mass is 9.61. The van der Waals surface area contributed by atoms with Crippen LogP contribution in [0, 0.1) is 16.7 Å². The highest BCUT2D eigenvalue weighted by molar-refractivity contribution is 6.30. The van der Waals surface area contributed by atoms with Gasteiger partial charge >= 0.3 is 12.5 Å². The van der Waals surface area contributed by atoms with Crippen LogP contribution < -0.4 is 4.74 Å². The van der Waals surface area contributed by atoms with Crippen LogP contribution in [0.1, 0.15) is 31.9 Å². The Kier molecular flexibility index (Phi) is 6.30. The number of likely N-dealkylation sites (tertiary alicyclic amines) is 1. The molecule has 6 nitrogen and oxygen atoms in total. The van der Waals surface area contributed by atoms with Gasteiger partial charge in [-0.25, -0.2) is 4.79 Å². The molecule has 2 aromatic carbocycles. The average molecular weight is 483 g/mol. The fourth-order valence-corrected chi connectivity index (χ4v) is 3.96. The monoisotopic (exact) mass is 482 g/mol. The summed E-state index contributed by atoms with van der Waals surface area (Å²) in [6.45, 7) is 4.78. The van der Waals surface area contributed by atoms with Crippen LogP contribution in [0.3, 0.4) is 0 Å². The molecule has 1 unspecified atom stereocenters. The van der Waals surface area contributed by atoms with Crippen molar-refractivity contribution in [2.75, 3.05) is 13.1 Å². The van der Waals surface area contributed by atoms with Gasteiger partial charge in [0.15, 0.2) is 0 Å². The van der Waals surface area contributed by atoms with Crippen LogP contribution in [0.4, 0.5) is 18.0 Å². The van der Waals surface area contributed by atoms with Gasteiger partial charge in [-0.05, 0) is 56.2 Å². The summed E-state index contributed by atoms with van der Waals surface area (Å²) in [6.07, 6.45) is -5.52. The zero-order valence-corrected chi connectivity index (χ0v) is 18.9. The molecule has 0 aromatic heterocycles. The number of amides is 1. The van der Waals surface area contributed by atoms with Gasteiger partial charge in [0.25, 0.3) is 0 Å². The molecule has 0 saturated carbocycles. The maximum absolute atomic E-state index is 12.6. The molecule has 0 bridgehead atoms. The minimum Gasteiger partial charge on any atom is -0.444 e. The van der Waals surface area contributed by atoms with E-state index >= 15 is 0 Å². The predicted octanol–water partition coefficient (Wildman–Crippen LogP) is 5.24. The van der Waals surface area contributed by atoms with Crippen LogP contribution >= 0.6 is 11.6 Å². The lowest BCUT2D eigenvalue weighted by Crippen LogP contribution is -2.67. The van der Waals surface area contributed by atoms with Crippen LogP contribution in [0.25, 0.3) is 0 Å². The Balaban J connectivity index is 2.02. The van der Waals surface area contributed by atoms with Crippen molar-refractivity contribution in [2.45, 2.75) is 38.3 Å². The second-order valence-corrected chi connectivity index (χ2v) is 9.26. The number of rotatable bonds is 4. The van der Waals surface area contributed by atoms with Crippen molar-refractivity contribution in [3.63, 3.8) is 0 Å². The summed E-state index contributed by atoms with van der Waals surface area (Å²) in [5.74, 6) is -0.477. The van der Waals surface area contributed by atoms with Crippen molar-refractivity contribution >= 4 is 17.7 Å². The minimum absolute atomic E-state index is 0.143. The van der Waals surface area contributed by atoms with E-state index in [-0.39, 0.29) is 24.2 Å². The SMILES string of the molecule is CC(C)(C)OC(=O)N1CC(C#N)(C(O)(c2ccc(OC(F)(F)F)cc2)c2cccc(Cl)c2)C1. The highest BCUT2D eigenvalue weighted by Gasteiger charge is 2.62. The van der Waals surface area contributed by atoms with Gasteiger partial charge in [0.05, 0.1) is 6.07 Å². The van der Waals surface area contributed by atoms with Crippen molar-refractivity contribution in [2.24, 2.45) is 5.41 Å². The van der Waals surface area contributed by atoms with Gasteiger partial charge in [0, 0.05) is 18.1 Å². The van der Waals surface area contributed by atoms with Gasteiger partial charge in [0.2, 0.25) is 0 Å². The molecule has 1 amide bonds. The van der Waals surface area contributed by atoms with Crippen LogP contribution in [0.2, 0.25) is 5.02 Å². The Labute approximate surface area is 194 Å². The summed E-state index contributed by atoms with van der Waals surface area (Å²) in [7, 11) is 0. The molecule has 0 spiro atoms. The zero-order valence-electron chi connectivity index (χ0n) is 18.1. The first kappa shape index (κ1) is 24.7. The third kappa shape index (κ3) is 5.02. The van der Waals surface area contributed by atoms with Crippen molar-refractivity contribution in [1.82, 2.24) is 4.90 Å². The van der Waals surface area contributed by atoms with Gasteiger partial charge in [0.1, 0.15) is 22.4 Å². The van der Waals surface area contributed by atoms with E-state index in [9.17, 15) is 28.3 Å². The Morgan fingerprint density at radius 3 is 2.21 bits per heavy atom. The standard InChI is InChI=1S/C23H22ClF3N2O4/c1-20(2,3)33-19(30)29-13-21(12-28,14-29)22(31,16-5-4-6-17(24)11-16)15-7-9-18(10-8-15)32-23(25,26)27/h4-11,31H,13-14H2,1-3H3. The maximum atomic E-state index is 12.6. The molecule has 0 aliphatic carbocycles. The third-order valence-electron chi connectivity index (χ3n) is 5.23. The van der Waals surface area contributed by atoms with Gasteiger partial charge in [-0.15, -0.1) is 13.2 Å². The largest absolute Gasteiger partial charge is 0.573 e. The maximum Gasteiger partial charge on any atom is 0.573 e. The van der Waals surface area contributed by atoms with E-state index in [0.717, 1.165) is 12.1 Å². The first-order chi connectivity index (χ1) is 15.2. The number of nitrogens with zero attached hydrogens (tertiary/aromatic N) is 2. The molecule has 1 saturated heterocycles. The van der Waals surface area contributed by atoms with Crippen LogP contribution in [-0.4, -0.2) is 41.2 Å². The summed E-state index contributed by atoms with van der Waals surface area (Å²) in [5.41, 5.74) is -3.86. The Bertz CT molecular complexity index is 1070. The predicted molar refractivity (Wildman–Crippen MR) is 113 cm³/mol. The average Bonchev–Trinajstić information content (AvgIpc) is 2.65. The summed E-state index contributed by atoms with van der Waals surface area (Å²) in [5, 5.41) is 22.4. The highest BCUT2D eigenvalue weighted by Crippen LogP contribution is 2.51. The van der Waals surface area contributed by atoms with E-state index in [2.05, 4.69) is 10.8 Å². The number of ether oxygens (including phenoxy) is 2. The van der Waals surface area contributed by atoms with Gasteiger partial charge in [-0.2, -0.15) is 5.26 Å². The van der Waals surface area contributed by atoms with E-state index < -0.39 is 34.8 Å². The first-order valence-corrected chi connectivity index (χ1v) is 10.3. The second kappa shape index (κ2) is 8.43. The van der Waals surface area contributed by atoms with Crippen molar-refractivity contribution < 1.29 is 32.5 Å². The number of hydrogen-bond donors (Lipinski definition) is 1. The van der Waals surface area contributed by atoms with E-state index in [4.69, 9.17) is 16.3 Å². The third-order valence-corrected chi connectivity index (χ3v) is 5.46. The lowest BCUT2D eigenvalue weighted by molar-refractivity contribution is -0.274. The molecule has 1 fully saturated rings. The molecule has 33 heavy (non-hydrogen) atoms. The number of carbonyl (C=O) groups excluding carboxylic acids is 1. The summed E-state index contributed by atoms with van der Waals surface area (Å²) in [4.78, 5) is 13.7. The normalized spacial score (nSPS) is 17.4. The number of halogens is 4. The number of hydrogen-bond acceptors (Lipinski definition) is 5. The number of benzene rings is 2. The fourth-order valence-electron chi connectivity index (χ4n) is 3.77. The molecule has 1 N–H and O–H groups in total. The van der Waals surface area contributed by atoms with E-state index in [1.807, 2.05) is 0 Å². The molecule has 1 aliphatic heterocycles. The first-order valence-electron chi connectivity index (χ1n) is 9.93. The van der Waals surface area contributed by atoms with E-state index in [1.165, 1.54) is 23.1 Å². The van der Waals surface area contributed by atoms with Crippen LogP contribution in [0.5, 0.6) is 5.75 Å². The molecular weight excluding hydrogens is 461 g/mol. The summed E-state index contributed by atoms with van der Waals surface area (Å²) in [6, 6.07) is 12.9. The molecule has 3 rings (SSSR count). The topological polar surface area (TPSA) is 82.8 Å². The van der Waals surface area contributed by atoms with Gasteiger partial charge in [-0.1, -0.05) is 35.9 Å². The number of carbonyl (C=O) groups is 1. The molecule has 1 atom stereocenters. The molecule has 0 radical (unpaired) electrons. The molecule has 176 valence electrons. The van der Waals surface area contributed by atoms with Crippen molar-refractivity contribution in [3.05, 3.63) is 64.7 Å². The van der Waals surface area contributed by atoms with Crippen molar-refractivity contribution in [1.29, 1.82) is 5.26 Å². The Morgan fingerprint density at radius 1 is 1.12 bits per heavy atom. The Morgan fingerprint density at radius 2 is 1.73 bits per heavy atom. The number of aliphatic hydroxyl groups is 1. The lowest BCUT2D eigenvalue weighted by Gasteiger charge is -2.53. The molecule has 10 heteroatoms. The van der Waals surface area contributed by atoms with Crippen LogP contribution in [0.15, 0.2) is 48.5 Å². The number of nitriles is 1. The summed E-state index contributed by atoms with van der Waals surface area (Å²) >= 11 is 6.12. The smallest absolute Gasteiger partial charge is 0.444 e. The number of alkyl halides is 3. The zero-order chi connectivity index (χ0) is 24.7. The quantitative estimate of drug-likeness (QED) is 0.644. The van der Waals surface area contributed by atoms with E-state index in [1.54, 1.807) is 39.0 Å². The Hall–Kier alpha value is -2.96. The van der Waals surface area contributed by atoms with E-state index in [0.29, 0.717) is 5.02 Å². The molecule has 1 aliphatic rings. The minimum atomic E-state index is -4.87. The van der Waals surface area contributed by atoms with Gasteiger partial charge in [-0.3, -0.25) is 0 Å². The fraction of sp³-hybridized carbons (Fsp3) is 0.391.